The highest BCUT2D eigenvalue weighted by Gasteiger charge is 2.90. The molecule has 8 atom stereocenters. The Bertz CT molecular complexity index is 507. The molecule has 0 radical (unpaired) electrons. The van der Waals surface area contributed by atoms with Gasteiger partial charge in [-0.2, -0.15) is 0 Å². The Morgan fingerprint density at radius 2 is 2.05 bits per heavy atom. The van der Waals surface area contributed by atoms with E-state index < -0.39 is 11.4 Å². The first kappa shape index (κ1) is 14.0. The third-order valence-electron chi connectivity index (χ3n) is 7.10. The van der Waals surface area contributed by atoms with E-state index in [1.54, 1.807) is 7.11 Å². The van der Waals surface area contributed by atoms with Gasteiger partial charge in [0.1, 0.15) is 0 Å². The molecule has 2 heterocycles. The van der Waals surface area contributed by atoms with E-state index in [2.05, 4.69) is 13.8 Å². The van der Waals surface area contributed by atoms with Crippen LogP contribution >= 0.6 is 0 Å². The van der Waals surface area contributed by atoms with E-state index in [9.17, 15) is 9.90 Å². The summed E-state index contributed by atoms with van der Waals surface area (Å²) in [6, 6.07) is 0. The van der Waals surface area contributed by atoms with E-state index >= 15 is 0 Å². The van der Waals surface area contributed by atoms with Crippen molar-refractivity contribution < 1.29 is 24.1 Å². The number of fused-ring (bicyclic) bond motifs is 1. The van der Waals surface area contributed by atoms with Crippen LogP contribution in [0.1, 0.15) is 40.0 Å². The molecule has 5 heteroatoms. The fraction of sp³-hybridized carbons (Fsp3) is 0.938. The minimum absolute atomic E-state index is 0.112. The first-order valence-corrected chi connectivity index (χ1v) is 7.97. The molecule has 4 aliphatic rings. The number of carbonyl (C=O) groups is 1. The van der Waals surface area contributed by atoms with Crippen LogP contribution in [0.4, 0.5) is 0 Å². The van der Waals surface area contributed by atoms with Crippen molar-refractivity contribution in [1.29, 1.82) is 0 Å². The van der Waals surface area contributed by atoms with Gasteiger partial charge < -0.3 is 19.3 Å². The summed E-state index contributed by atoms with van der Waals surface area (Å²) in [5.41, 5.74) is -0.857. The molecule has 2 aliphatic heterocycles. The van der Waals surface area contributed by atoms with Crippen LogP contribution in [-0.2, 0) is 19.0 Å². The van der Waals surface area contributed by atoms with E-state index in [4.69, 9.17) is 14.2 Å². The zero-order valence-corrected chi connectivity index (χ0v) is 13.1. The Hall–Kier alpha value is -0.650. The highest BCUT2D eigenvalue weighted by Crippen LogP contribution is 2.73. The third-order valence-corrected chi connectivity index (χ3v) is 7.10. The molecule has 0 unspecified atom stereocenters. The minimum atomic E-state index is -0.767. The van der Waals surface area contributed by atoms with Gasteiger partial charge in [-0.05, 0) is 31.6 Å². The number of hydrogen-bond donors (Lipinski definition) is 1. The maximum atomic E-state index is 12.1. The Kier molecular flexibility index (Phi) is 2.54. The summed E-state index contributed by atoms with van der Waals surface area (Å²) in [4.78, 5) is 12.1. The Morgan fingerprint density at radius 1 is 1.33 bits per heavy atom. The summed E-state index contributed by atoms with van der Waals surface area (Å²) in [6.45, 7) is 6.16. The summed E-state index contributed by atoms with van der Waals surface area (Å²) in [5, 5.41) is 10.4. The number of epoxide rings is 1. The Labute approximate surface area is 124 Å². The molecular formula is C16H24O5. The van der Waals surface area contributed by atoms with Crippen molar-refractivity contribution in [1.82, 2.24) is 0 Å². The molecule has 21 heavy (non-hydrogen) atoms. The van der Waals surface area contributed by atoms with Gasteiger partial charge in [0.25, 0.3) is 0 Å². The van der Waals surface area contributed by atoms with Crippen LogP contribution in [0.3, 0.4) is 0 Å². The van der Waals surface area contributed by atoms with Crippen LogP contribution in [0.25, 0.3) is 0 Å². The first-order chi connectivity index (χ1) is 9.83. The molecule has 118 valence electrons. The van der Waals surface area contributed by atoms with Gasteiger partial charge in [0.05, 0.1) is 18.1 Å². The van der Waals surface area contributed by atoms with Gasteiger partial charge in [-0.15, -0.1) is 0 Å². The molecule has 4 rings (SSSR count). The topological polar surface area (TPSA) is 68.3 Å². The minimum Gasteiger partial charge on any atom is -0.429 e. The fourth-order valence-corrected chi connectivity index (χ4v) is 5.62. The summed E-state index contributed by atoms with van der Waals surface area (Å²) in [6.07, 6.45) is 1.91. The van der Waals surface area contributed by atoms with Crippen LogP contribution < -0.4 is 0 Å². The van der Waals surface area contributed by atoms with Gasteiger partial charge in [-0.1, -0.05) is 13.8 Å². The lowest BCUT2D eigenvalue weighted by Crippen LogP contribution is -2.63. The normalized spacial score (nSPS) is 61.6. The lowest BCUT2D eigenvalue weighted by molar-refractivity contribution is -0.176. The molecule has 0 amide bonds. The average Bonchev–Trinajstić information content (AvgIpc) is 3.04. The molecular weight excluding hydrogens is 272 g/mol. The molecule has 5 nitrogen and oxygen atoms in total. The molecule has 1 N–H and O–H groups in total. The van der Waals surface area contributed by atoms with Gasteiger partial charge in [0, 0.05) is 18.9 Å². The molecule has 0 aromatic rings. The van der Waals surface area contributed by atoms with Crippen molar-refractivity contribution in [2.75, 3.05) is 7.11 Å². The molecule has 0 bridgehead atoms. The van der Waals surface area contributed by atoms with Crippen molar-refractivity contribution in [3.05, 3.63) is 0 Å². The van der Waals surface area contributed by atoms with Gasteiger partial charge >= 0.3 is 5.97 Å². The zero-order valence-electron chi connectivity index (χ0n) is 13.1. The van der Waals surface area contributed by atoms with Crippen molar-refractivity contribution in [2.45, 2.75) is 63.6 Å². The second kappa shape index (κ2) is 3.81. The van der Waals surface area contributed by atoms with Crippen LogP contribution in [0.2, 0.25) is 0 Å². The maximum absolute atomic E-state index is 12.1. The van der Waals surface area contributed by atoms with Crippen LogP contribution in [0.5, 0.6) is 0 Å². The Balaban J connectivity index is 1.82. The van der Waals surface area contributed by atoms with Crippen molar-refractivity contribution in [3.8, 4) is 0 Å². The molecule has 0 spiro atoms. The highest BCUT2D eigenvalue weighted by molar-refractivity contribution is 5.79. The maximum Gasteiger partial charge on any atom is 0.314 e. The number of aliphatic hydroxyl groups excluding tert-OH is 1. The van der Waals surface area contributed by atoms with Gasteiger partial charge in [0.15, 0.2) is 5.60 Å². The first-order valence-electron chi connectivity index (χ1n) is 7.97. The van der Waals surface area contributed by atoms with E-state index in [-0.39, 0.29) is 35.4 Å². The number of aliphatic hydroxyl groups is 1. The van der Waals surface area contributed by atoms with Crippen molar-refractivity contribution >= 4 is 5.97 Å². The monoisotopic (exact) mass is 296 g/mol. The zero-order chi connectivity index (χ0) is 15.2. The smallest absolute Gasteiger partial charge is 0.314 e. The molecule has 2 saturated carbocycles. The summed E-state index contributed by atoms with van der Waals surface area (Å²) < 4.78 is 17.6. The molecule has 0 aromatic heterocycles. The number of methoxy groups -OCH3 is 1. The van der Waals surface area contributed by atoms with Crippen LogP contribution in [-0.4, -0.2) is 41.8 Å². The number of ether oxygens (including phenoxy) is 3. The highest BCUT2D eigenvalue weighted by atomic mass is 16.8. The SMILES string of the molecule is CO[C@H]1[C@@]2(C)[C@H](CC[C@H](O)[C@@H]2C)C[C@@]23OC(=O)[C@H](C)[C@@]12O3. The van der Waals surface area contributed by atoms with Crippen LogP contribution in [0.15, 0.2) is 0 Å². The predicted molar refractivity (Wildman–Crippen MR) is 73.2 cm³/mol. The number of carbonyl (C=O) groups excluding carboxylic acids is 1. The fourth-order valence-electron chi connectivity index (χ4n) is 5.62. The molecule has 2 aliphatic carbocycles. The average molecular weight is 296 g/mol. The van der Waals surface area contributed by atoms with Gasteiger partial charge in [0.2, 0.25) is 5.79 Å². The summed E-state index contributed by atoms with van der Waals surface area (Å²) >= 11 is 0. The van der Waals surface area contributed by atoms with E-state index in [1.165, 1.54) is 0 Å². The van der Waals surface area contributed by atoms with Gasteiger partial charge in [-0.3, -0.25) is 4.79 Å². The molecule has 0 aromatic carbocycles. The quantitative estimate of drug-likeness (QED) is 0.586. The largest absolute Gasteiger partial charge is 0.429 e. The van der Waals surface area contributed by atoms with Crippen molar-refractivity contribution in [3.63, 3.8) is 0 Å². The summed E-state index contributed by atoms with van der Waals surface area (Å²) in [7, 11) is 1.68. The van der Waals surface area contributed by atoms with E-state index in [1.807, 2.05) is 6.92 Å². The summed E-state index contributed by atoms with van der Waals surface area (Å²) in [5.74, 6) is -0.809. The predicted octanol–water partition coefficient (Wildman–Crippen LogP) is 1.48. The second-order valence-electron chi connectivity index (χ2n) is 7.61. The number of rotatable bonds is 1. The van der Waals surface area contributed by atoms with Crippen LogP contribution in [0, 0.1) is 23.2 Å². The lowest BCUT2D eigenvalue weighted by Gasteiger charge is -2.55. The van der Waals surface area contributed by atoms with Gasteiger partial charge in [-0.25, -0.2) is 0 Å². The molecule has 2 saturated heterocycles. The van der Waals surface area contributed by atoms with Crippen molar-refractivity contribution in [2.24, 2.45) is 23.2 Å². The standard InChI is InChI=1S/C16H24O5/c1-8-11(17)6-5-10-7-15-16(21-15,9(2)12(18)20-15)13(19-4)14(8,10)3/h8-11,13,17H,5-7H2,1-4H3/t8-,9-,10+,11-,13-,14+,15-,16+/m0/s1. The van der Waals surface area contributed by atoms with E-state index in [0.717, 1.165) is 19.3 Å². The Morgan fingerprint density at radius 3 is 2.71 bits per heavy atom. The third kappa shape index (κ3) is 1.28. The lowest BCUT2D eigenvalue weighted by atomic mass is 9.50. The molecule has 4 fully saturated rings. The van der Waals surface area contributed by atoms with E-state index in [0.29, 0.717) is 5.92 Å². The number of hydrogen-bond acceptors (Lipinski definition) is 5. The number of esters is 1. The second-order valence-corrected chi connectivity index (χ2v) is 7.61.